The molecule has 0 fully saturated rings. The molecule has 0 saturated carbocycles. The number of rotatable bonds is 5. The fourth-order valence-corrected chi connectivity index (χ4v) is 4.36. The summed E-state index contributed by atoms with van der Waals surface area (Å²) in [5, 5.41) is 7.14. The number of ketones is 1. The Morgan fingerprint density at radius 3 is 2.81 bits per heavy atom. The molecule has 2 aromatic rings. The third kappa shape index (κ3) is 2.73. The lowest BCUT2D eigenvalue weighted by atomic mass is 9.67. The second-order valence-corrected chi connectivity index (χ2v) is 7.27. The van der Waals surface area contributed by atoms with E-state index in [9.17, 15) is 9.59 Å². The molecule has 6 heteroatoms. The summed E-state index contributed by atoms with van der Waals surface area (Å²) in [7, 11) is 0. The lowest BCUT2D eigenvalue weighted by Crippen LogP contribution is -2.53. The highest BCUT2D eigenvalue weighted by Gasteiger charge is 2.55. The molecule has 2 aliphatic heterocycles. The lowest BCUT2D eigenvalue weighted by Gasteiger charge is -2.41. The van der Waals surface area contributed by atoms with E-state index >= 15 is 0 Å². The Morgan fingerprint density at radius 1 is 1.33 bits per heavy atom. The van der Waals surface area contributed by atoms with Gasteiger partial charge in [0.1, 0.15) is 36.1 Å². The summed E-state index contributed by atoms with van der Waals surface area (Å²) in [6.07, 6.45) is 1.70. The van der Waals surface area contributed by atoms with Gasteiger partial charge in [-0.25, -0.2) is 0 Å². The van der Waals surface area contributed by atoms with Crippen LogP contribution in [0.3, 0.4) is 0 Å². The van der Waals surface area contributed by atoms with Gasteiger partial charge in [0, 0.05) is 18.4 Å². The van der Waals surface area contributed by atoms with Gasteiger partial charge in [-0.05, 0) is 30.2 Å². The fourth-order valence-electron chi connectivity index (χ4n) is 4.19. The van der Waals surface area contributed by atoms with Crippen LogP contribution in [0, 0.1) is 0 Å². The number of nitrogens with zero attached hydrogens (tertiary/aromatic N) is 2. The number of aldehydes is 1. The summed E-state index contributed by atoms with van der Waals surface area (Å²) < 4.78 is 6.00. The Hall–Kier alpha value is -2.66. The zero-order valence-electron chi connectivity index (χ0n) is 14.9. The van der Waals surface area contributed by atoms with Gasteiger partial charge in [-0.3, -0.25) is 9.80 Å². The van der Waals surface area contributed by atoms with Gasteiger partial charge >= 0.3 is 0 Å². The SMILES string of the molecule is CC(=O)C1=NN2c3cc(Cl)ccc3OCC2C1(CCC=O)c1ccccc1. The first-order chi connectivity index (χ1) is 13.1. The number of ether oxygens (including phenoxy) is 1. The van der Waals surface area contributed by atoms with Gasteiger partial charge in [0.15, 0.2) is 5.78 Å². The topological polar surface area (TPSA) is 59.0 Å². The van der Waals surface area contributed by atoms with Crippen LogP contribution in [0.25, 0.3) is 0 Å². The van der Waals surface area contributed by atoms with Crippen LogP contribution in [0.1, 0.15) is 25.3 Å². The average Bonchev–Trinajstić information content (AvgIpc) is 3.03. The average molecular weight is 383 g/mol. The third-order valence-corrected chi connectivity index (χ3v) is 5.57. The van der Waals surface area contributed by atoms with Gasteiger partial charge in [0.25, 0.3) is 0 Å². The summed E-state index contributed by atoms with van der Waals surface area (Å²) >= 11 is 6.19. The summed E-state index contributed by atoms with van der Waals surface area (Å²) in [6.45, 7) is 1.89. The number of anilines is 1. The molecule has 0 saturated heterocycles. The Balaban J connectivity index is 1.92. The minimum atomic E-state index is -0.714. The maximum absolute atomic E-state index is 12.6. The number of hydrogen-bond acceptors (Lipinski definition) is 5. The number of Topliss-reactive ketones (excluding diaryl/α,β-unsaturated/α-hetero) is 1. The number of carbonyl (C=O) groups excluding carboxylic acids is 2. The van der Waals surface area contributed by atoms with Crippen LogP contribution in [0.15, 0.2) is 53.6 Å². The normalized spacial score (nSPS) is 23.1. The number of hydrogen-bond donors (Lipinski definition) is 0. The Morgan fingerprint density at radius 2 is 2.11 bits per heavy atom. The predicted octanol–water partition coefficient (Wildman–Crippen LogP) is 3.78. The number of hydrazone groups is 1. The number of halogens is 1. The van der Waals surface area contributed by atoms with Crippen LogP contribution in [0.5, 0.6) is 5.75 Å². The molecule has 4 rings (SSSR count). The Labute approximate surface area is 162 Å². The first-order valence-electron chi connectivity index (χ1n) is 8.88. The van der Waals surface area contributed by atoms with Crippen molar-refractivity contribution in [1.82, 2.24) is 0 Å². The van der Waals surface area contributed by atoms with Crippen LogP contribution in [-0.2, 0) is 15.0 Å². The smallest absolute Gasteiger partial charge is 0.176 e. The van der Waals surface area contributed by atoms with E-state index in [4.69, 9.17) is 21.4 Å². The van der Waals surface area contributed by atoms with E-state index in [0.717, 1.165) is 17.5 Å². The number of fused-ring (bicyclic) bond motifs is 3. The first kappa shape index (κ1) is 17.7. The second kappa shape index (κ2) is 6.82. The van der Waals surface area contributed by atoms with E-state index in [-0.39, 0.29) is 11.8 Å². The molecule has 0 amide bonds. The summed E-state index contributed by atoms with van der Waals surface area (Å²) in [6, 6.07) is 14.9. The maximum atomic E-state index is 12.6. The number of carbonyl (C=O) groups is 2. The molecule has 0 aliphatic carbocycles. The number of benzene rings is 2. The highest BCUT2D eigenvalue weighted by Crippen LogP contribution is 2.48. The highest BCUT2D eigenvalue weighted by atomic mass is 35.5. The third-order valence-electron chi connectivity index (χ3n) is 5.34. The second-order valence-electron chi connectivity index (χ2n) is 6.83. The molecule has 0 aromatic heterocycles. The van der Waals surface area contributed by atoms with Crippen LogP contribution < -0.4 is 9.75 Å². The Bertz CT molecular complexity index is 928. The van der Waals surface area contributed by atoms with Crippen LogP contribution in [0.4, 0.5) is 5.69 Å². The van der Waals surface area contributed by atoms with Crippen molar-refractivity contribution in [3.05, 3.63) is 59.1 Å². The van der Waals surface area contributed by atoms with Crippen molar-refractivity contribution in [3.63, 3.8) is 0 Å². The molecule has 138 valence electrons. The maximum Gasteiger partial charge on any atom is 0.176 e. The Kier molecular flexibility index (Phi) is 4.48. The molecule has 0 radical (unpaired) electrons. The van der Waals surface area contributed by atoms with Crippen molar-refractivity contribution < 1.29 is 14.3 Å². The van der Waals surface area contributed by atoms with Crippen molar-refractivity contribution >= 4 is 35.1 Å². The predicted molar refractivity (Wildman–Crippen MR) is 105 cm³/mol. The van der Waals surface area contributed by atoms with E-state index < -0.39 is 5.41 Å². The summed E-state index contributed by atoms with van der Waals surface area (Å²) in [4.78, 5) is 23.8. The van der Waals surface area contributed by atoms with Gasteiger partial charge in [-0.15, -0.1) is 0 Å². The van der Waals surface area contributed by atoms with Crippen LogP contribution >= 0.6 is 11.6 Å². The monoisotopic (exact) mass is 382 g/mol. The molecule has 2 unspecified atom stereocenters. The van der Waals surface area contributed by atoms with Crippen LogP contribution in [0.2, 0.25) is 5.02 Å². The first-order valence-corrected chi connectivity index (χ1v) is 9.26. The standard InChI is InChI=1S/C21H19ClN2O3/c1-14(26)20-21(10-5-11-25,15-6-3-2-4-7-15)19-13-27-18-9-8-16(22)12-17(18)24(19)23-20/h2-4,6-9,11-12,19H,5,10,13H2,1H3. The van der Waals surface area contributed by atoms with Gasteiger partial charge in [0.2, 0.25) is 0 Å². The molecule has 27 heavy (non-hydrogen) atoms. The van der Waals surface area contributed by atoms with Crippen molar-refractivity contribution in [1.29, 1.82) is 0 Å². The molecular weight excluding hydrogens is 364 g/mol. The molecule has 2 aromatic carbocycles. The van der Waals surface area contributed by atoms with E-state index in [2.05, 4.69) is 0 Å². The van der Waals surface area contributed by atoms with E-state index in [0.29, 0.717) is 35.9 Å². The molecule has 0 bridgehead atoms. The van der Waals surface area contributed by atoms with E-state index in [1.54, 1.807) is 12.1 Å². The van der Waals surface area contributed by atoms with Crippen molar-refractivity contribution in [2.75, 3.05) is 11.6 Å². The molecule has 2 atom stereocenters. The quantitative estimate of drug-likeness (QED) is 0.738. The minimum Gasteiger partial charge on any atom is -0.489 e. The fraction of sp³-hybridized carbons (Fsp3) is 0.286. The highest BCUT2D eigenvalue weighted by molar-refractivity contribution is 6.43. The molecule has 2 heterocycles. The van der Waals surface area contributed by atoms with Gasteiger partial charge in [-0.1, -0.05) is 41.9 Å². The zero-order chi connectivity index (χ0) is 19.0. The molecule has 0 N–H and O–H groups in total. The van der Waals surface area contributed by atoms with Gasteiger partial charge in [-0.2, -0.15) is 5.10 Å². The van der Waals surface area contributed by atoms with E-state index in [1.165, 1.54) is 6.92 Å². The van der Waals surface area contributed by atoms with Gasteiger partial charge < -0.3 is 9.53 Å². The van der Waals surface area contributed by atoms with Crippen molar-refractivity contribution in [3.8, 4) is 5.75 Å². The van der Waals surface area contributed by atoms with E-state index in [1.807, 2.05) is 41.4 Å². The summed E-state index contributed by atoms with van der Waals surface area (Å²) in [5.74, 6) is 0.573. The van der Waals surface area contributed by atoms with Crippen molar-refractivity contribution in [2.24, 2.45) is 5.10 Å². The zero-order valence-corrected chi connectivity index (χ0v) is 15.6. The largest absolute Gasteiger partial charge is 0.489 e. The van der Waals surface area contributed by atoms with Crippen LogP contribution in [-0.4, -0.2) is 30.4 Å². The summed E-state index contributed by atoms with van der Waals surface area (Å²) in [5.41, 5.74) is 1.44. The molecule has 5 nitrogen and oxygen atoms in total. The molecule has 2 aliphatic rings. The lowest BCUT2D eigenvalue weighted by molar-refractivity contribution is -0.111. The van der Waals surface area contributed by atoms with Crippen molar-refractivity contribution in [2.45, 2.75) is 31.2 Å². The van der Waals surface area contributed by atoms with Gasteiger partial charge in [0.05, 0.1) is 5.41 Å². The molecular formula is C21H19ClN2O3. The molecule has 0 spiro atoms. The minimum absolute atomic E-state index is 0.109.